The number of fused-ring (bicyclic) bond motifs is 1. The van der Waals surface area contributed by atoms with Crippen molar-refractivity contribution < 1.29 is 0 Å². The van der Waals surface area contributed by atoms with E-state index < -0.39 is 0 Å². The molecule has 0 amide bonds. The molecule has 0 aliphatic heterocycles. The van der Waals surface area contributed by atoms with Crippen LogP contribution in [0, 0.1) is 6.92 Å². The molecule has 110 valence electrons. The molecule has 0 spiro atoms. The smallest absolute Gasteiger partial charge is 0.165 e. The highest BCUT2D eigenvalue weighted by atomic mass is 35.5. The van der Waals surface area contributed by atoms with E-state index in [1.807, 2.05) is 42.4 Å². The van der Waals surface area contributed by atoms with Gasteiger partial charge in [-0.15, -0.1) is 11.6 Å². The van der Waals surface area contributed by atoms with Crippen LogP contribution in [0.15, 0.2) is 18.5 Å². The third-order valence-corrected chi connectivity index (χ3v) is 3.78. The van der Waals surface area contributed by atoms with Gasteiger partial charge in [0.15, 0.2) is 5.65 Å². The molecule has 0 aliphatic carbocycles. The fourth-order valence-corrected chi connectivity index (χ4v) is 2.72. The molecule has 0 saturated heterocycles. The lowest BCUT2D eigenvalue weighted by atomic mass is 10.2. The summed E-state index contributed by atoms with van der Waals surface area (Å²) in [6.45, 7) is 6.05. The normalized spacial score (nSPS) is 13.0. The summed E-state index contributed by atoms with van der Waals surface area (Å²) in [5.41, 5.74) is 4.84. The minimum absolute atomic E-state index is 0.205. The molecule has 3 rings (SSSR count). The highest BCUT2D eigenvalue weighted by Crippen LogP contribution is 2.29. The van der Waals surface area contributed by atoms with Crippen molar-refractivity contribution in [3.05, 3.63) is 35.5 Å². The molecular formula is C15H18ClN5. The van der Waals surface area contributed by atoms with Crippen LogP contribution in [0.4, 0.5) is 0 Å². The molecule has 1 unspecified atom stereocenters. The van der Waals surface area contributed by atoms with Crippen molar-refractivity contribution in [3.8, 4) is 5.69 Å². The molecule has 0 aliphatic rings. The van der Waals surface area contributed by atoms with Crippen LogP contribution in [-0.2, 0) is 13.5 Å². The van der Waals surface area contributed by atoms with Crippen molar-refractivity contribution in [2.24, 2.45) is 7.05 Å². The number of nitrogens with zero attached hydrogens (tertiary/aromatic N) is 5. The van der Waals surface area contributed by atoms with Gasteiger partial charge in [0.2, 0.25) is 0 Å². The van der Waals surface area contributed by atoms with E-state index in [9.17, 15) is 0 Å². The topological polar surface area (TPSA) is 48.5 Å². The molecule has 3 aromatic rings. The van der Waals surface area contributed by atoms with Crippen LogP contribution in [0.25, 0.3) is 16.9 Å². The number of aromatic nitrogens is 5. The van der Waals surface area contributed by atoms with Crippen molar-refractivity contribution in [2.75, 3.05) is 0 Å². The molecule has 21 heavy (non-hydrogen) atoms. The summed E-state index contributed by atoms with van der Waals surface area (Å²) in [6, 6.07) is 1.96. The third-order valence-electron chi connectivity index (χ3n) is 3.59. The van der Waals surface area contributed by atoms with Crippen molar-refractivity contribution in [1.29, 1.82) is 0 Å². The Morgan fingerprint density at radius 2 is 2.14 bits per heavy atom. The van der Waals surface area contributed by atoms with E-state index in [0.29, 0.717) is 0 Å². The largest absolute Gasteiger partial charge is 0.276 e. The summed E-state index contributed by atoms with van der Waals surface area (Å²) < 4.78 is 3.85. The van der Waals surface area contributed by atoms with E-state index >= 15 is 0 Å². The number of alkyl halides is 1. The molecule has 5 nitrogen and oxygen atoms in total. The van der Waals surface area contributed by atoms with Crippen LogP contribution in [0.5, 0.6) is 0 Å². The quantitative estimate of drug-likeness (QED) is 0.697. The van der Waals surface area contributed by atoms with Crippen LogP contribution in [0.1, 0.15) is 36.3 Å². The highest BCUT2D eigenvalue weighted by Gasteiger charge is 2.21. The fraction of sp³-hybridized carbons (Fsp3) is 0.400. The van der Waals surface area contributed by atoms with Gasteiger partial charge in [-0.05, 0) is 31.9 Å². The summed E-state index contributed by atoms with van der Waals surface area (Å²) in [6.07, 6.45) is 4.64. The molecule has 6 heteroatoms. The second-order valence-electron chi connectivity index (χ2n) is 5.21. The van der Waals surface area contributed by atoms with Crippen LogP contribution < -0.4 is 0 Å². The van der Waals surface area contributed by atoms with Crippen LogP contribution in [0.2, 0.25) is 0 Å². The average molecular weight is 304 g/mol. The van der Waals surface area contributed by atoms with Crippen molar-refractivity contribution in [1.82, 2.24) is 24.3 Å². The lowest BCUT2D eigenvalue weighted by molar-refractivity contribution is 0.746. The van der Waals surface area contributed by atoms with E-state index in [1.54, 1.807) is 6.20 Å². The molecule has 0 saturated carbocycles. The lowest BCUT2D eigenvalue weighted by Crippen LogP contribution is -2.04. The van der Waals surface area contributed by atoms with E-state index in [1.165, 1.54) is 0 Å². The predicted octanol–water partition coefficient (Wildman–Crippen LogP) is 3.32. The Morgan fingerprint density at radius 3 is 2.81 bits per heavy atom. The van der Waals surface area contributed by atoms with E-state index in [0.717, 1.165) is 40.4 Å². The third kappa shape index (κ3) is 2.21. The summed E-state index contributed by atoms with van der Waals surface area (Å²) in [5, 5.41) is 4.31. The van der Waals surface area contributed by atoms with Crippen LogP contribution in [0.3, 0.4) is 0 Å². The first kappa shape index (κ1) is 14.1. The Hall–Kier alpha value is -1.88. The van der Waals surface area contributed by atoms with Gasteiger partial charge < -0.3 is 0 Å². The molecule has 0 N–H and O–H groups in total. The maximum Gasteiger partial charge on any atom is 0.165 e. The van der Waals surface area contributed by atoms with Gasteiger partial charge in [-0.25, -0.2) is 9.97 Å². The summed E-state index contributed by atoms with van der Waals surface area (Å²) in [5.74, 6) is 0.802. The SMILES string of the molecule is CCc1nn(C)cc1-n1c(C(C)Cl)nc2c(C)ccnc21. The Balaban J connectivity index is 2.39. The first-order valence-electron chi connectivity index (χ1n) is 7.03. The van der Waals surface area contributed by atoms with Crippen LogP contribution >= 0.6 is 11.6 Å². The van der Waals surface area contributed by atoms with Crippen molar-refractivity contribution in [2.45, 2.75) is 32.6 Å². The number of pyridine rings is 1. The standard InChI is InChI=1S/C15H18ClN5/c1-5-11-12(8-20(4)19-11)21-14(10(3)16)18-13-9(2)6-7-17-15(13)21/h6-8,10H,5H2,1-4H3. The lowest BCUT2D eigenvalue weighted by Gasteiger charge is -2.09. The maximum absolute atomic E-state index is 6.35. The zero-order chi connectivity index (χ0) is 15.1. The van der Waals surface area contributed by atoms with Gasteiger partial charge in [0, 0.05) is 19.4 Å². The molecule has 0 aromatic carbocycles. The molecule has 3 heterocycles. The highest BCUT2D eigenvalue weighted by molar-refractivity contribution is 6.20. The van der Waals surface area contributed by atoms with Gasteiger partial charge in [-0.3, -0.25) is 9.25 Å². The molecular weight excluding hydrogens is 286 g/mol. The van der Waals surface area contributed by atoms with Gasteiger partial charge in [0.1, 0.15) is 11.3 Å². The second-order valence-corrected chi connectivity index (χ2v) is 5.86. The Kier molecular flexibility index (Phi) is 3.45. The molecule has 0 fully saturated rings. The monoisotopic (exact) mass is 303 g/mol. The summed E-state index contributed by atoms with van der Waals surface area (Å²) in [4.78, 5) is 9.22. The zero-order valence-electron chi connectivity index (χ0n) is 12.6. The Morgan fingerprint density at radius 1 is 1.38 bits per heavy atom. The fourth-order valence-electron chi connectivity index (χ4n) is 2.58. The Labute approximate surface area is 128 Å². The van der Waals surface area contributed by atoms with Gasteiger partial charge >= 0.3 is 0 Å². The van der Waals surface area contributed by atoms with Crippen molar-refractivity contribution in [3.63, 3.8) is 0 Å². The Bertz CT molecular complexity index is 800. The van der Waals surface area contributed by atoms with E-state index in [4.69, 9.17) is 16.6 Å². The van der Waals surface area contributed by atoms with Gasteiger partial charge in [-0.1, -0.05) is 6.92 Å². The van der Waals surface area contributed by atoms with Gasteiger partial charge in [0.25, 0.3) is 0 Å². The maximum atomic E-state index is 6.35. The molecule has 3 aromatic heterocycles. The van der Waals surface area contributed by atoms with E-state index in [-0.39, 0.29) is 5.38 Å². The average Bonchev–Trinajstić information content (AvgIpc) is 2.99. The number of imidazole rings is 1. The first-order chi connectivity index (χ1) is 10.0. The number of rotatable bonds is 3. The summed E-state index contributed by atoms with van der Waals surface area (Å²) in [7, 11) is 1.92. The predicted molar refractivity (Wildman–Crippen MR) is 84.0 cm³/mol. The molecule has 0 radical (unpaired) electrons. The van der Waals surface area contributed by atoms with Gasteiger partial charge in [0.05, 0.1) is 16.8 Å². The van der Waals surface area contributed by atoms with Gasteiger partial charge in [-0.2, -0.15) is 5.10 Å². The number of hydrogen-bond acceptors (Lipinski definition) is 3. The minimum Gasteiger partial charge on any atom is -0.276 e. The number of aryl methyl sites for hydroxylation is 3. The van der Waals surface area contributed by atoms with Crippen molar-refractivity contribution >= 4 is 22.8 Å². The second kappa shape index (κ2) is 5.15. The molecule has 0 bridgehead atoms. The number of halogens is 1. The summed E-state index contributed by atoms with van der Waals surface area (Å²) >= 11 is 6.35. The number of hydrogen-bond donors (Lipinski definition) is 0. The van der Waals surface area contributed by atoms with Crippen LogP contribution in [-0.4, -0.2) is 24.3 Å². The first-order valence-corrected chi connectivity index (χ1v) is 7.47. The minimum atomic E-state index is -0.205. The zero-order valence-corrected chi connectivity index (χ0v) is 13.4. The molecule has 1 atom stereocenters. The van der Waals surface area contributed by atoms with E-state index in [2.05, 4.69) is 17.0 Å².